The SMILES string of the molecule is CCCCCCCCCCCCC/C=C/CC/C=C/CC/C=C/C(O)C(COC1OC(CO)C(OC2OC(CO)C(O)C(O)C2O)C(O)C1O)NC(=O)CCCCCCCCCCCCCCCCCCCCCCCCCCCCCC. The molecule has 14 nitrogen and oxygen atoms in total. The summed E-state index contributed by atoms with van der Waals surface area (Å²) in [5.41, 5.74) is 0. The number of carbonyl (C=O) groups excluding carboxylic acids is 1. The van der Waals surface area contributed by atoms with Crippen LogP contribution in [0.5, 0.6) is 0 Å². The number of unbranched alkanes of at least 4 members (excludes halogenated alkanes) is 40. The van der Waals surface area contributed by atoms with Crippen LogP contribution in [0.1, 0.15) is 303 Å². The van der Waals surface area contributed by atoms with Gasteiger partial charge in [0, 0.05) is 6.42 Å². The Morgan fingerprint density at radius 3 is 1.18 bits per heavy atom. The highest BCUT2D eigenvalue weighted by Gasteiger charge is 2.51. The molecule has 2 rings (SSSR count). The van der Waals surface area contributed by atoms with Crippen LogP contribution in [-0.4, -0.2) is 140 Å². The van der Waals surface area contributed by atoms with Gasteiger partial charge in [-0.1, -0.05) is 288 Å². The monoisotopic (exact) mass is 1180 g/mol. The molecule has 0 spiro atoms. The third-order valence-electron chi connectivity index (χ3n) is 17.1. The molecule has 2 aliphatic heterocycles. The summed E-state index contributed by atoms with van der Waals surface area (Å²) in [5, 5.41) is 87.3. The van der Waals surface area contributed by atoms with Crippen LogP contribution in [0, 0.1) is 0 Å². The number of allylic oxidation sites excluding steroid dienone is 5. The minimum atomic E-state index is -1.79. The number of aliphatic hydroxyl groups excluding tert-OH is 8. The number of hydrogen-bond donors (Lipinski definition) is 9. The van der Waals surface area contributed by atoms with Crippen molar-refractivity contribution in [3.05, 3.63) is 36.5 Å². The van der Waals surface area contributed by atoms with Crippen molar-refractivity contribution >= 4 is 5.91 Å². The first-order valence-corrected chi connectivity index (χ1v) is 34.7. The second-order valence-corrected chi connectivity index (χ2v) is 24.6. The van der Waals surface area contributed by atoms with Crippen LogP contribution >= 0.6 is 0 Å². The molecule has 83 heavy (non-hydrogen) atoms. The Morgan fingerprint density at radius 1 is 0.422 bits per heavy atom. The van der Waals surface area contributed by atoms with Crippen LogP contribution in [0.25, 0.3) is 0 Å². The number of ether oxygens (including phenoxy) is 4. The zero-order valence-corrected chi connectivity index (χ0v) is 53.0. The van der Waals surface area contributed by atoms with E-state index in [4.69, 9.17) is 18.9 Å². The van der Waals surface area contributed by atoms with Gasteiger partial charge in [0.05, 0.1) is 32.0 Å². The highest BCUT2D eigenvalue weighted by Crippen LogP contribution is 2.30. The molecule has 488 valence electrons. The zero-order valence-electron chi connectivity index (χ0n) is 53.0. The smallest absolute Gasteiger partial charge is 0.220 e. The zero-order chi connectivity index (χ0) is 60.2. The van der Waals surface area contributed by atoms with Crippen molar-refractivity contribution in [2.24, 2.45) is 0 Å². The first-order valence-electron chi connectivity index (χ1n) is 34.7. The molecule has 2 saturated heterocycles. The second kappa shape index (κ2) is 54.4. The number of rotatable bonds is 57. The van der Waals surface area contributed by atoms with Crippen molar-refractivity contribution in [3.63, 3.8) is 0 Å². The molecule has 2 fully saturated rings. The van der Waals surface area contributed by atoms with Gasteiger partial charge in [-0.15, -0.1) is 0 Å². The maximum absolute atomic E-state index is 13.3. The summed E-state index contributed by atoms with van der Waals surface area (Å²) in [4.78, 5) is 13.3. The van der Waals surface area contributed by atoms with Gasteiger partial charge in [0.1, 0.15) is 48.8 Å². The molecule has 0 aromatic rings. The van der Waals surface area contributed by atoms with Gasteiger partial charge in [-0.25, -0.2) is 0 Å². The Kier molecular flexibility index (Phi) is 50.6. The third-order valence-corrected chi connectivity index (χ3v) is 17.1. The average Bonchev–Trinajstić information content (AvgIpc) is 3.59. The largest absolute Gasteiger partial charge is 0.394 e. The summed E-state index contributed by atoms with van der Waals surface area (Å²) in [5.74, 6) is -0.247. The average molecular weight is 1180 g/mol. The Bertz CT molecular complexity index is 1530. The molecule has 9 N–H and O–H groups in total. The van der Waals surface area contributed by atoms with Gasteiger partial charge in [0.2, 0.25) is 5.91 Å². The molecule has 2 aliphatic rings. The van der Waals surface area contributed by atoms with Crippen molar-refractivity contribution in [2.45, 2.75) is 376 Å². The summed E-state index contributed by atoms with van der Waals surface area (Å²) < 4.78 is 22.8. The summed E-state index contributed by atoms with van der Waals surface area (Å²) >= 11 is 0. The number of carbonyl (C=O) groups is 1. The van der Waals surface area contributed by atoms with Gasteiger partial charge in [-0.2, -0.15) is 0 Å². The quantitative estimate of drug-likeness (QED) is 0.0204. The van der Waals surface area contributed by atoms with Gasteiger partial charge in [-0.05, 0) is 44.9 Å². The predicted molar refractivity (Wildman–Crippen MR) is 337 cm³/mol. The fourth-order valence-corrected chi connectivity index (χ4v) is 11.5. The Hall–Kier alpha value is -1.79. The molecule has 12 unspecified atom stereocenters. The van der Waals surface area contributed by atoms with Crippen LogP contribution in [0.3, 0.4) is 0 Å². The second-order valence-electron chi connectivity index (χ2n) is 24.6. The maximum Gasteiger partial charge on any atom is 0.220 e. The lowest BCUT2D eigenvalue weighted by molar-refractivity contribution is -0.359. The van der Waals surface area contributed by atoms with E-state index in [0.29, 0.717) is 12.8 Å². The molecule has 0 aliphatic carbocycles. The van der Waals surface area contributed by atoms with Crippen molar-refractivity contribution in [1.82, 2.24) is 5.32 Å². The molecular formula is C69H129NO13. The lowest BCUT2D eigenvalue weighted by atomic mass is 9.97. The number of hydrogen-bond acceptors (Lipinski definition) is 13. The fraction of sp³-hybridized carbons (Fsp3) is 0.899. The number of aliphatic hydroxyl groups is 8. The van der Waals surface area contributed by atoms with E-state index in [-0.39, 0.29) is 18.9 Å². The summed E-state index contributed by atoms with van der Waals surface area (Å²) in [7, 11) is 0. The van der Waals surface area contributed by atoms with Crippen molar-refractivity contribution in [3.8, 4) is 0 Å². The van der Waals surface area contributed by atoms with E-state index >= 15 is 0 Å². The molecule has 12 atom stereocenters. The fourth-order valence-electron chi connectivity index (χ4n) is 11.5. The van der Waals surface area contributed by atoms with Gasteiger partial charge < -0.3 is 65.1 Å². The summed E-state index contributed by atoms with van der Waals surface area (Å²) in [6.07, 6.45) is 52.1. The van der Waals surface area contributed by atoms with Crippen LogP contribution < -0.4 is 5.32 Å². The predicted octanol–water partition coefficient (Wildman–Crippen LogP) is 13.7. The van der Waals surface area contributed by atoms with E-state index in [1.165, 1.54) is 225 Å². The molecule has 2 heterocycles. The lowest BCUT2D eigenvalue weighted by Gasteiger charge is -2.46. The molecular weight excluding hydrogens is 1050 g/mol. The van der Waals surface area contributed by atoms with E-state index < -0.39 is 86.8 Å². The standard InChI is InChI=1S/C69H129NO13/c1-3-5-7-9-11-13-15-17-19-21-23-25-26-27-28-29-30-31-33-35-37-39-41-43-45-47-49-51-53-61(74)70-57(58(73)52-50-48-46-44-42-40-38-36-34-32-24-22-20-18-16-14-12-10-8-6-4-2)56-80-68-66(79)64(77)67(60(55-72)82-68)83-69-65(78)63(76)62(75)59(54-71)81-69/h34,36,42,44,50,52,57-60,62-69,71-73,75-79H,3-33,35,37-41,43,45-49,51,53-56H2,1-2H3,(H,70,74)/b36-34+,44-42+,52-50+. The van der Waals surface area contributed by atoms with Crippen LogP contribution in [-0.2, 0) is 23.7 Å². The van der Waals surface area contributed by atoms with Gasteiger partial charge in [0.25, 0.3) is 0 Å². The van der Waals surface area contributed by atoms with Gasteiger partial charge >= 0.3 is 0 Å². The number of amides is 1. The molecule has 0 aromatic carbocycles. The molecule has 0 radical (unpaired) electrons. The third kappa shape index (κ3) is 39.0. The molecule has 0 aromatic heterocycles. The highest BCUT2D eigenvalue weighted by molar-refractivity contribution is 5.76. The van der Waals surface area contributed by atoms with E-state index in [2.05, 4.69) is 43.5 Å². The minimum Gasteiger partial charge on any atom is -0.394 e. The number of nitrogens with one attached hydrogen (secondary N) is 1. The Morgan fingerprint density at radius 2 is 0.771 bits per heavy atom. The van der Waals surface area contributed by atoms with Crippen LogP contribution in [0.2, 0.25) is 0 Å². The first-order chi connectivity index (χ1) is 40.6. The van der Waals surface area contributed by atoms with E-state index in [0.717, 1.165) is 44.9 Å². The van der Waals surface area contributed by atoms with Crippen molar-refractivity contribution in [2.75, 3.05) is 19.8 Å². The van der Waals surface area contributed by atoms with Gasteiger partial charge in [0.15, 0.2) is 12.6 Å². The molecule has 0 bridgehead atoms. The van der Waals surface area contributed by atoms with Crippen LogP contribution in [0.15, 0.2) is 36.5 Å². The lowest BCUT2D eigenvalue weighted by Crippen LogP contribution is -2.65. The highest BCUT2D eigenvalue weighted by atomic mass is 16.7. The van der Waals surface area contributed by atoms with E-state index in [1.54, 1.807) is 6.08 Å². The van der Waals surface area contributed by atoms with Crippen molar-refractivity contribution < 1.29 is 64.6 Å². The maximum atomic E-state index is 13.3. The van der Waals surface area contributed by atoms with E-state index in [9.17, 15) is 45.6 Å². The van der Waals surface area contributed by atoms with Crippen molar-refractivity contribution in [1.29, 1.82) is 0 Å². The minimum absolute atomic E-state index is 0.247. The van der Waals surface area contributed by atoms with Gasteiger partial charge in [-0.3, -0.25) is 4.79 Å². The first kappa shape index (κ1) is 77.3. The Labute approximate surface area is 506 Å². The summed E-state index contributed by atoms with van der Waals surface area (Å²) in [6, 6.07) is -0.936. The normalized spacial score (nSPS) is 24.0. The topological polar surface area (TPSA) is 228 Å². The van der Waals surface area contributed by atoms with Crippen LogP contribution in [0.4, 0.5) is 0 Å². The molecule has 14 heteroatoms. The Balaban J connectivity index is 1.69. The van der Waals surface area contributed by atoms with E-state index in [1.807, 2.05) is 6.08 Å². The molecule has 1 amide bonds. The summed E-state index contributed by atoms with van der Waals surface area (Å²) in [6.45, 7) is 2.82. The molecule has 0 saturated carbocycles.